The van der Waals surface area contributed by atoms with E-state index in [1.165, 1.54) is 13.1 Å². The third-order valence-electron chi connectivity index (χ3n) is 3.72. The molecular weight excluding hydrogens is 374 g/mol. The van der Waals surface area contributed by atoms with Gasteiger partial charge in [-0.05, 0) is 36.4 Å². The number of para-hydroxylation sites is 1. The van der Waals surface area contributed by atoms with Crippen LogP contribution in [0.25, 0.3) is 0 Å². The van der Waals surface area contributed by atoms with Crippen molar-refractivity contribution in [3.63, 3.8) is 0 Å². The largest absolute Gasteiger partial charge is 0.346 e. The highest BCUT2D eigenvalue weighted by molar-refractivity contribution is 7.91. The third kappa shape index (κ3) is 4.90. The molecule has 0 saturated heterocycles. The van der Waals surface area contributed by atoms with Gasteiger partial charge in [-0.3, -0.25) is 9.59 Å². The number of benzene rings is 1. The fourth-order valence-corrected chi connectivity index (χ4v) is 4.61. The van der Waals surface area contributed by atoms with Crippen LogP contribution in [0, 0.1) is 13.8 Å². The van der Waals surface area contributed by atoms with E-state index in [-0.39, 0.29) is 23.2 Å². The van der Waals surface area contributed by atoms with Gasteiger partial charge in [0.25, 0.3) is 10.0 Å². The summed E-state index contributed by atoms with van der Waals surface area (Å²) in [6.07, 6.45) is 0. The molecule has 0 atom stereocenters. The fraction of sp³-hybridized carbons (Fsp3) is 0.294. The van der Waals surface area contributed by atoms with Crippen molar-refractivity contribution in [2.45, 2.75) is 18.1 Å². The van der Waals surface area contributed by atoms with Crippen LogP contribution >= 0.6 is 11.3 Å². The number of amides is 2. The van der Waals surface area contributed by atoms with Gasteiger partial charge in [-0.2, -0.15) is 4.31 Å². The molecule has 2 N–H and O–H groups in total. The maximum atomic E-state index is 12.3. The Hall–Kier alpha value is -2.23. The van der Waals surface area contributed by atoms with Crippen molar-refractivity contribution in [3.05, 3.63) is 46.8 Å². The van der Waals surface area contributed by atoms with E-state index < -0.39 is 15.9 Å². The van der Waals surface area contributed by atoms with Crippen LogP contribution in [-0.4, -0.2) is 44.7 Å². The van der Waals surface area contributed by atoms with E-state index in [9.17, 15) is 18.0 Å². The second kappa shape index (κ2) is 8.43. The predicted octanol–water partition coefficient (Wildman–Crippen LogP) is 1.74. The summed E-state index contributed by atoms with van der Waals surface area (Å²) in [6, 6.07) is 8.76. The van der Waals surface area contributed by atoms with Crippen molar-refractivity contribution in [1.29, 1.82) is 0 Å². The van der Waals surface area contributed by atoms with E-state index >= 15 is 0 Å². The van der Waals surface area contributed by atoms with Gasteiger partial charge in [-0.1, -0.05) is 24.3 Å². The van der Waals surface area contributed by atoms with Crippen LogP contribution in [0.4, 0.5) is 5.69 Å². The fourth-order valence-electron chi connectivity index (χ4n) is 2.28. The van der Waals surface area contributed by atoms with Crippen LogP contribution in [0.3, 0.4) is 0 Å². The number of hydrogen-bond acceptors (Lipinski definition) is 5. The van der Waals surface area contributed by atoms with Gasteiger partial charge in [-0.25, -0.2) is 8.42 Å². The molecule has 0 aliphatic heterocycles. The van der Waals surface area contributed by atoms with Crippen LogP contribution in [0.15, 0.2) is 39.9 Å². The maximum Gasteiger partial charge on any atom is 0.252 e. The zero-order valence-corrected chi connectivity index (χ0v) is 16.4. The lowest BCUT2D eigenvalue weighted by Crippen LogP contribution is -2.41. The number of hydrogen-bond donors (Lipinski definition) is 2. The number of sulfonamides is 1. The normalized spacial score (nSPS) is 11.4. The summed E-state index contributed by atoms with van der Waals surface area (Å²) in [7, 11) is -2.37. The summed E-state index contributed by atoms with van der Waals surface area (Å²) >= 11 is 1.08. The van der Waals surface area contributed by atoms with Crippen LogP contribution in [0.2, 0.25) is 0 Å². The molecule has 0 spiro atoms. The first-order valence-corrected chi connectivity index (χ1v) is 10.2. The highest BCUT2D eigenvalue weighted by atomic mass is 32.2. The lowest BCUT2D eigenvalue weighted by Gasteiger charge is -2.16. The molecule has 1 aromatic carbocycles. The Labute approximate surface area is 157 Å². The van der Waals surface area contributed by atoms with Crippen molar-refractivity contribution >= 4 is 38.9 Å². The SMILES string of the molecule is Cc1cccc(C)c1NC(=O)CNC(=O)CN(C)S(=O)(=O)c1cccs1. The number of rotatable bonds is 7. The Bertz CT molecular complexity index is 872. The van der Waals surface area contributed by atoms with Crippen molar-refractivity contribution in [2.24, 2.45) is 0 Å². The summed E-state index contributed by atoms with van der Waals surface area (Å²) in [5.74, 6) is -0.927. The van der Waals surface area contributed by atoms with E-state index in [0.29, 0.717) is 5.69 Å². The van der Waals surface area contributed by atoms with Crippen molar-refractivity contribution in [1.82, 2.24) is 9.62 Å². The van der Waals surface area contributed by atoms with Crippen molar-refractivity contribution < 1.29 is 18.0 Å². The molecule has 0 aliphatic rings. The molecule has 0 fully saturated rings. The van der Waals surface area contributed by atoms with E-state index in [2.05, 4.69) is 10.6 Å². The minimum Gasteiger partial charge on any atom is -0.346 e. The molecule has 7 nitrogen and oxygen atoms in total. The van der Waals surface area contributed by atoms with Gasteiger partial charge < -0.3 is 10.6 Å². The Morgan fingerprint density at radius 3 is 2.31 bits per heavy atom. The average molecular weight is 396 g/mol. The molecule has 0 bridgehead atoms. The summed E-state index contributed by atoms with van der Waals surface area (Å²) in [6.45, 7) is 3.16. The average Bonchev–Trinajstić information content (AvgIpc) is 3.11. The Morgan fingerprint density at radius 2 is 1.73 bits per heavy atom. The van der Waals surface area contributed by atoms with Gasteiger partial charge in [0, 0.05) is 12.7 Å². The monoisotopic (exact) mass is 395 g/mol. The zero-order chi connectivity index (χ0) is 19.3. The highest BCUT2D eigenvalue weighted by Gasteiger charge is 2.23. The number of nitrogens with zero attached hydrogens (tertiary/aromatic N) is 1. The van der Waals surface area contributed by atoms with Crippen molar-refractivity contribution in [2.75, 3.05) is 25.5 Å². The molecule has 0 saturated carbocycles. The molecule has 2 amide bonds. The second-order valence-corrected chi connectivity index (χ2v) is 9.00. The second-order valence-electron chi connectivity index (χ2n) is 5.78. The van der Waals surface area contributed by atoms with E-state index in [4.69, 9.17) is 0 Å². The number of carbonyl (C=O) groups is 2. The molecule has 0 unspecified atom stereocenters. The van der Waals surface area contributed by atoms with Crippen LogP contribution in [0.5, 0.6) is 0 Å². The first kappa shape index (κ1) is 20.1. The van der Waals surface area contributed by atoms with E-state index in [0.717, 1.165) is 26.8 Å². The number of likely N-dealkylation sites (N-methyl/N-ethyl adjacent to an activating group) is 1. The molecule has 1 heterocycles. The highest BCUT2D eigenvalue weighted by Crippen LogP contribution is 2.20. The molecule has 0 aliphatic carbocycles. The number of aryl methyl sites for hydroxylation is 2. The topological polar surface area (TPSA) is 95.6 Å². The summed E-state index contributed by atoms with van der Waals surface area (Å²) in [5.41, 5.74) is 2.56. The standard InChI is InChI=1S/C17H21N3O4S2/c1-12-6-4-7-13(2)17(12)19-14(21)10-18-15(22)11-20(3)26(23,24)16-8-5-9-25-16/h4-9H,10-11H2,1-3H3,(H,18,22)(H,19,21). The number of nitrogens with one attached hydrogen (secondary N) is 2. The quantitative estimate of drug-likeness (QED) is 0.746. The Balaban J connectivity index is 1.87. The number of anilines is 1. The molecular formula is C17H21N3O4S2. The summed E-state index contributed by atoms with van der Waals surface area (Å²) < 4.78 is 25.6. The van der Waals surface area contributed by atoms with Gasteiger partial charge in [-0.15, -0.1) is 11.3 Å². The van der Waals surface area contributed by atoms with E-state index in [1.807, 2.05) is 32.0 Å². The van der Waals surface area contributed by atoms with Gasteiger partial charge >= 0.3 is 0 Å². The van der Waals surface area contributed by atoms with Gasteiger partial charge in [0.15, 0.2) is 0 Å². The Kier molecular flexibility index (Phi) is 6.52. The third-order valence-corrected chi connectivity index (χ3v) is 6.89. The molecule has 9 heteroatoms. The lowest BCUT2D eigenvalue weighted by molar-refractivity contribution is -0.124. The lowest BCUT2D eigenvalue weighted by atomic mass is 10.1. The summed E-state index contributed by atoms with van der Waals surface area (Å²) in [4.78, 5) is 24.0. The van der Waals surface area contributed by atoms with Gasteiger partial charge in [0.2, 0.25) is 11.8 Å². The van der Waals surface area contributed by atoms with Crippen molar-refractivity contribution in [3.8, 4) is 0 Å². The molecule has 2 aromatic rings. The number of thiophene rings is 1. The Morgan fingerprint density at radius 1 is 1.08 bits per heavy atom. The van der Waals surface area contributed by atoms with Gasteiger partial charge in [0.1, 0.15) is 4.21 Å². The number of carbonyl (C=O) groups excluding carboxylic acids is 2. The van der Waals surface area contributed by atoms with Crippen LogP contribution in [-0.2, 0) is 19.6 Å². The first-order valence-electron chi connectivity index (χ1n) is 7.84. The minimum atomic E-state index is -3.70. The predicted molar refractivity (Wildman–Crippen MR) is 102 cm³/mol. The smallest absolute Gasteiger partial charge is 0.252 e. The summed E-state index contributed by atoms with van der Waals surface area (Å²) in [5, 5.41) is 6.84. The van der Waals surface area contributed by atoms with Gasteiger partial charge in [0.05, 0.1) is 13.1 Å². The van der Waals surface area contributed by atoms with Crippen LogP contribution in [0.1, 0.15) is 11.1 Å². The molecule has 140 valence electrons. The minimum absolute atomic E-state index is 0.167. The zero-order valence-electron chi connectivity index (χ0n) is 14.8. The molecule has 2 rings (SSSR count). The molecule has 0 radical (unpaired) electrons. The van der Waals surface area contributed by atoms with Crippen LogP contribution < -0.4 is 10.6 Å². The molecule has 26 heavy (non-hydrogen) atoms. The van der Waals surface area contributed by atoms with E-state index in [1.54, 1.807) is 11.4 Å². The molecule has 1 aromatic heterocycles. The maximum absolute atomic E-state index is 12.3. The first-order chi connectivity index (χ1) is 12.2.